The van der Waals surface area contributed by atoms with Gasteiger partial charge in [-0.05, 0) is 37.1 Å². The number of carbonyl (C=O) groups is 1. The van der Waals surface area contributed by atoms with Crippen molar-refractivity contribution in [3.05, 3.63) is 64.5 Å². The molecule has 1 aromatic carbocycles. The standard InChI is InChI=1S/C17H18N4O3/c1-12(13-5-8-18-9-6-13)19-16-7-10-20(17(16)22)14-3-2-4-15(11-14)21(23)24/h2-6,8-9,11-12,16,19H,7,10H2,1H3/t12-,16+/m1/s1. The van der Waals surface area contributed by atoms with Crippen LogP contribution in [0, 0.1) is 10.1 Å². The minimum atomic E-state index is -0.453. The molecule has 7 nitrogen and oxygen atoms in total. The predicted octanol–water partition coefficient (Wildman–Crippen LogP) is 2.45. The number of nitro benzene ring substituents is 1. The van der Waals surface area contributed by atoms with Gasteiger partial charge in [-0.15, -0.1) is 0 Å². The number of anilines is 1. The van der Waals surface area contributed by atoms with Crippen molar-refractivity contribution in [2.75, 3.05) is 11.4 Å². The zero-order chi connectivity index (χ0) is 17.1. The van der Waals surface area contributed by atoms with Crippen LogP contribution < -0.4 is 10.2 Å². The van der Waals surface area contributed by atoms with E-state index in [1.807, 2.05) is 19.1 Å². The molecule has 1 amide bonds. The van der Waals surface area contributed by atoms with Gasteiger partial charge < -0.3 is 4.90 Å². The molecule has 7 heteroatoms. The number of carbonyl (C=O) groups excluding carboxylic acids is 1. The molecule has 0 bridgehead atoms. The fourth-order valence-electron chi connectivity index (χ4n) is 2.92. The van der Waals surface area contributed by atoms with Crippen molar-refractivity contribution in [1.82, 2.24) is 10.3 Å². The molecule has 0 spiro atoms. The molecule has 2 atom stereocenters. The highest BCUT2D eigenvalue weighted by molar-refractivity contribution is 5.99. The molecule has 2 heterocycles. The Labute approximate surface area is 139 Å². The second-order valence-corrected chi connectivity index (χ2v) is 5.78. The maximum Gasteiger partial charge on any atom is 0.271 e. The quantitative estimate of drug-likeness (QED) is 0.673. The van der Waals surface area contributed by atoms with Gasteiger partial charge in [0.05, 0.1) is 16.7 Å². The number of amides is 1. The molecule has 1 aliphatic heterocycles. The average molecular weight is 326 g/mol. The Bertz CT molecular complexity index is 751. The van der Waals surface area contributed by atoms with Crippen molar-refractivity contribution in [3.63, 3.8) is 0 Å². The zero-order valence-corrected chi connectivity index (χ0v) is 13.3. The number of aromatic nitrogens is 1. The lowest BCUT2D eigenvalue weighted by atomic mass is 10.1. The number of nitrogens with one attached hydrogen (secondary N) is 1. The van der Waals surface area contributed by atoms with Crippen LogP contribution in [0.1, 0.15) is 24.9 Å². The van der Waals surface area contributed by atoms with E-state index in [1.165, 1.54) is 12.1 Å². The number of non-ortho nitro benzene ring substituents is 1. The van der Waals surface area contributed by atoms with E-state index in [9.17, 15) is 14.9 Å². The Morgan fingerprint density at radius 3 is 2.79 bits per heavy atom. The maximum absolute atomic E-state index is 12.6. The zero-order valence-electron chi connectivity index (χ0n) is 13.3. The second-order valence-electron chi connectivity index (χ2n) is 5.78. The average Bonchev–Trinajstić information content (AvgIpc) is 2.96. The van der Waals surface area contributed by atoms with Gasteiger partial charge in [0, 0.05) is 37.1 Å². The largest absolute Gasteiger partial charge is 0.311 e. The van der Waals surface area contributed by atoms with Crippen LogP contribution in [-0.2, 0) is 4.79 Å². The highest BCUT2D eigenvalue weighted by Gasteiger charge is 2.33. The molecule has 24 heavy (non-hydrogen) atoms. The van der Waals surface area contributed by atoms with Gasteiger partial charge in [-0.3, -0.25) is 25.2 Å². The maximum atomic E-state index is 12.6. The molecule has 0 aliphatic carbocycles. The number of pyridine rings is 1. The first-order chi connectivity index (χ1) is 11.6. The Balaban J connectivity index is 1.71. The molecule has 1 fully saturated rings. The van der Waals surface area contributed by atoms with E-state index >= 15 is 0 Å². The van der Waals surface area contributed by atoms with Gasteiger partial charge in [0.15, 0.2) is 0 Å². The topological polar surface area (TPSA) is 88.4 Å². The molecule has 1 saturated heterocycles. The van der Waals surface area contributed by atoms with E-state index in [0.29, 0.717) is 18.7 Å². The molecule has 0 saturated carbocycles. The molecule has 0 radical (unpaired) electrons. The highest BCUT2D eigenvalue weighted by Crippen LogP contribution is 2.26. The summed E-state index contributed by atoms with van der Waals surface area (Å²) in [6, 6.07) is 9.73. The van der Waals surface area contributed by atoms with Gasteiger partial charge in [-0.1, -0.05) is 6.07 Å². The van der Waals surface area contributed by atoms with Crippen molar-refractivity contribution >= 4 is 17.3 Å². The van der Waals surface area contributed by atoms with Crippen molar-refractivity contribution in [3.8, 4) is 0 Å². The lowest BCUT2D eigenvalue weighted by Gasteiger charge is -2.20. The molecule has 124 valence electrons. The number of hydrogen-bond acceptors (Lipinski definition) is 5. The number of rotatable bonds is 5. The fourth-order valence-corrected chi connectivity index (χ4v) is 2.92. The molecule has 1 N–H and O–H groups in total. The smallest absolute Gasteiger partial charge is 0.271 e. The third-order valence-electron chi connectivity index (χ3n) is 4.22. The van der Waals surface area contributed by atoms with Crippen LogP contribution in [0.25, 0.3) is 0 Å². The van der Waals surface area contributed by atoms with Crippen molar-refractivity contribution in [2.24, 2.45) is 0 Å². The number of nitrogens with zero attached hydrogens (tertiary/aromatic N) is 3. The number of benzene rings is 1. The highest BCUT2D eigenvalue weighted by atomic mass is 16.6. The summed E-state index contributed by atoms with van der Waals surface area (Å²) in [5.74, 6) is -0.0589. The summed E-state index contributed by atoms with van der Waals surface area (Å²) in [4.78, 5) is 28.7. The van der Waals surface area contributed by atoms with Crippen molar-refractivity contribution in [1.29, 1.82) is 0 Å². The van der Waals surface area contributed by atoms with Gasteiger partial charge >= 0.3 is 0 Å². The molecule has 1 aliphatic rings. The first-order valence-electron chi connectivity index (χ1n) is 7.78. The SMILES string of the molecule is C[C@@H](N[C@H]1CCN(c2cccc([N+](=O)[O-])c2)C1=O)c1ccncc1. The van der Waals surface area contributed by atoms with Crippen LogP contribution in [0.3, 0.4) is 0 Å². The van der Waals surface area contributed by atoms with Crippen molar-refractivity contribution in [2.45, 2.75) is 25.4 Å². The second kappa shape index (κ2) is 6.76. The summed E-state index contributed by atoms with van der Waals surface area (Å²) >= 11 is 0. The van der Waals surface area contributed by atoms with E-state index in [0.717, 1.165) is 5.56 Å². The van der Waals surface area contributed by atoms with Crippen molar-refractivity contribution < 1.29 is 9.72 Å². The molecular formula is C17H18N4O3. The monoisotopic (exact) mass is 326 g/mol. The lowest BCUT2D eigenvalue weighted by molar-refractivity contribution is -0.384. The molecule has 1 aromatic heterocycles. The first kappa shape index (κ1) is 16.1. The van der Waals surface area contributed by atoms with E-state index in [1.54, 1.807) is 29.4 Å². The van der Waals surface area contributed by atoms with Crippen LogP contribution in [-0.4, -0.2) is 28.4 Å². The van der Waals surface area contributed by atoms with Crippen LogP contribution >= 0.6 is 0 Å². The van der Waals surface area contributed by atoms with Crippen LogP contribution in [0.2, 0.25) is 0 Å². The van der Waals surface area contributed by atoms with E-state index < -0.39 is 4.92 Å². The number of hydrogen-bond donors (Lipinski definition) is 1. The summed E-state index contributed by atoms with van der Waals surface area (Å²) < 4.78 is 0. The minimum absolute atomic E-state index is 0.0122. The Kier molecular flexibility index (Phi) is 4.52. The normalized spacial score (nSPS) is 18.6. The summed E-state index contributed by atoms with van der Waals surface area (Å²) in [6.07, 6.45) is 4.11. The Morgan fingerprint density at radius 2 is 2.08 bits per heavy atom. The molecular weight excluding hydrogens is 308 g/mol. The predicted molar refractivity (Wildman–Crippen MR) is 89.6 cm³/mol. The van der Waals surface area contributed by atoms with Crippen LogP contribution in [0.15, 0.2) is 48.8 Å². The van der Waals surface area contributed by atoms with E-state index in [-0.39, 0.29) is 23.7 Å². The Hall–Kier alpha value is -2.80. The van der Waals surface area contributed by atoms with E-state index in [2.05, 4.69) is 10.3 Å². The van der Waals surface area contributed by atoms with E-state index in [4.69, 9.17) is 0 Å². The van der Waals surface area contributed by atoms with Gasteiger partial charge in [0.2, 0.25) is 5.91 Å². The first-order valence-corrected chi connectivity index (χ1v) is 7.78. The van der Waals surface area contributed by atoms with Crippen LogP contribution in [0.5, 0.6) is 0 Å². The molecule has 2 aromatic rings. The Morgan fingerprint density at radius 1 is 1.33 bits per heavy atom. The van der Waals surface area contributed by atoms with Gasteiger partial charge in [0.25, 0.3) is 5.69 Å². The molecule has 3 rings (SSSR count). The van der Waals surface area contributed by atoms with Crippen LogP contribution in [0.4, 0.5) is 11.4 Å². The third kappa shape index (κ3) is 3.26. The summed E-state index contributed by atoms with van der Waals surface area (Å²) in [6.45, 7) is 2.54. The fraction of sp³-hybridized carbons (Fsp3) is 0.294. The minimum Gasteiger partial charge on any atom is -0.311 e. The lowest BCUT2D eigenvalue weighted by Crippen LogP contribution is -2.39. The summed E-state index contributed by atoms with van der Waals surface area (Å²) in [5.41, 5.74) is 1.61. The third-order valence-corrected chi connectivity index (χ3v) is 4.22. The molecule has 0 unspecified atom stereocenters. The van der Waals surface area contributed by atoms with Gasteiger partial charge in [-0.25, -0.2) is 0 Å². The van der Waals surface area contributed by atoms with Gasteiger partial charge in [-0.2, -0.15) is 0 Å². The van der Waals surface area contributed by atoms with Gasteiger partial charge in [0.1, 0.15) is 0 Å². The summed E-state index contributed by atoms with van der Waals surface area (Å²) in [7, 11) is 0. The number of nitro groups is 1. The summed E-state index contributed by atoms with van der Waals surface area (Å²) in [5, 5.41) is 14.2.